The van der Waals surface area contributed by atoms with Crippen LogP contribution in [-0.4, -0.2) is 49.3 Å². The van der Waals surface area contributed by atoms with Gasteiger partial charge in [-0.25, -0.2) is 9.97 Å². The van der Waals surface area contributed by atoms with E-state index in [0.29, 0.717) is 47.1 Å². The molecule has 4 aromatic rings. The molecule has 6 rings (SSSR count). The minimum Gasteiger partial charge on any atom is -0.492 e. The highest BCUT2D eigenvalue weighted by molar-refractivity contribution is 6.33. The third-order valence-electron chi connectivity index (χ3n) is 6.88. The first kappa shape index (κ1) is 23.2. The van der Waals surface area contributed by atoms with E-state index in [4.69, 9.17) is 26.1 Å². The summed E-state index contributed by atoms with van der Waals surface area (Å²) in [5.74, 6) is 1.93. The molecule has 0 spiro atoms. The van der Waals surface area contributed by atoms with Crippen LogP contribution in [0.3, 0.4) is 0 Å². The molecule has 8 nitrogen and oxygen atoms in total. The predicted octanol–water partition coefficient (Wildman–Crippen LogP) is 4.96. The highest BCUT2D eigenvalue weighted by Gasteiger charge is 2.41. The van der Waals surface area contributed by atoms with Crippen molar-refractivity contribution in [1.29, 1.82) is 0 Å². The van der Waals surface area contributed by atoms with Gasteiger partial charge in [0.25, 0.3) is 0 Å². The number of aryl methyl sites for hydroxylation is 1. The summed E-state index contributed by atoms with van der Waals surface area (Å²) in [4.78, 5) is 18.5. The second-order valence-corrected chi connectivity index (χ2v) is 10.4. The number of imidazole rings is 1. The molecule has 0 amide bonds. The van der Waals surface area contributed by atoms with Gasteiger partial charge in [0.05, 0.1) is 17.3 Å². The van der Waals surface area contributed by atoms with Crippen LogP contribution in [0, 0.1) is 6.92 Å². The fourth-order valence-electron chi connectivity index (χ4n) is 4.57. The highest BCUT2D eigenvalue weighted by Crippen LogP contribution is 2.41. The van der Waals surface area contributed by atoms with Crippen molar-refractivity contribution >= 4 is 22.8 Å². The molecule has 4 heterocycles. The van der Waals surface area contributed by atoms with Gasteiger partial charge in [0.2, 0.25) is 5.88 Å². The molecule has 1 aromatic carbocycles. The van der Waals surface area contributed by atoms with Crippen LogP contribution < -0.4 is 14.8 Å². The van der Waals surface area contributed by atoms with Crippen LogP contribution in [0.4, 0.5) is 0 Å². The second-order valence-electron chi connectivity index (χ2n) is 10.00. The molecule has 1 saturated carbocycles. The quantitative estimate of drug-likeness (QED) is 0.363. The fourth-order valence-corrected chi connectivity index (χ4v) is 4.82. The Morgan fingerprint density at radius 3 is 2.81 bits per heavy atom. The molecule has 2 aliphatic rings. The third-order valence-corrected chi connectivity index (χ3v) is 7.20. The zero-order chi connectivity index (χ0) is 24.7. The van der Waals surface area contributed by atoms with Gasteiger partial charge in [-0.15, -0.1) is 0 Å². The number of nitrogens with zero attached hydrogens (tertiary/aromatic N) is 5. The molecule has 1 N–H and O–H groups in total. The standard InChI is InChI=1S/C27H29ClN6O2/c1-17-7-11-30-19(12-17)14-34-24(33-23-25(34)31-16-32-26(23)36-27(2)8-9-27)21-6-5-20(13-22(21)28)35-15-18-4-3-10-29-18/h5-7,11-13,16,18,29H,3-4,8-10,14-15H2,1-2H3/t18-/m1/s1. The number of hydrogen-bond acceptors (Lipinski definition) is 7. The topological polar surface area (TPSA) is 87.0 Å². The maximum atomic E-state index is 6.81. The number of ether oxygens (including phenoxy) is 2. The van der Waals surface area contributed by atoms with Crippen LogP contribution in [0.1, 0.15) is 43.9 Å². The van der Waals surface area contributed by atoms with E-state index >= 15 is 0 Å². The summed E-state index contributed by atoms with van der Waals surface area (Å²) in [6.45, 7) is 6.31. The largest absolute Gasteiger partial charge is 0.492 e. The predicted molar refractivity (Wildman–Crippen MR) is 139 cm³/mol. The van der Waals surface area contributed by atoms with Crippen LogP contribution >= 0.6 is 11.6 Å². The maximum Gasteiger partial charge on any atom is 0.245 e. The first-order valence-electron chi connectivity index (χ1n) is 12.5. The zero-order valence-electron chi connectivity index (χ0n) is 20.5. The molecule has 36 heavy (non-hydrogen) atoms. The van der Waals surface area contributed by atoms with Crippen molar-refractivity contribution in [2.45, 2.75) is 57.7 Å². The number of pyridine rings is 1. The Bertz CT molecular complexity index is 1410. The monoisotopic (exact) mass is 504 g/mol. The normalized spacial score (nSPS) is 18.5. The summed E-state index contributed by atoms with van der Waals surface area (Å²) in [5.41, 5.74) is 3.96. The molecule has 9 heteroatoms. The molecule has 1 saturated heterocycles. The van der Waals surface area contributed by atoms with Crippen molar-refractivity contribution in [3.8, 4) is 23.0 Å². The van der Waals surface area contributed by atoms with Gasteiger partial charge in [0, 0.05) is 17.8 Å². The molecule has 186 valence electrons. The summed E-state index contributed by atoms with van der Waals surface area (Å²) in [6.07, 6.45) is 7.68. The zero-order valence-corrected chi connectivity index (χ0v) is 21.3. The van der Waals surface area contributed by atoms with E-state index in [1.807, 2.05) is 35.0 Å². The Balaban J connectivity index is 1.39. The lowest BCUT2D eigenvalue weighted by atomic mass is 10.2. The summed E-state index contributed by atoms with van der Waals surface area (Å²) in [5, 5.41) is 4.01. The van der Waals surface area contributed by atoms with Gasteiger partial charge >= 0.3 is 0 Å². The van der Waals surface area contributed by atoms with E-state index in [2.05, 4.69) is 40.2 Å². The first-order chi connectivity index (χ1) is 17.5. The van der Waals surface area contributed by atoms with Crippen LogP contribution in [-0.2, 0) is 6.54 Å². The van der Waals surface area contributed by atoms with Gasteiger partial charge in [-0.2, -0.15) is 4.98 Å². The summed E-state index contributed by atoms with van der Waals surface area (Å²) >= 11 is 6.81. The molecule has 1 aliphatic carbocycles. The smallest absolute Gasteiger partial charge is 0.245 e. The maximum absolute atomic E-state index is 6.81. The van der Waals surface area contributed by atoms with Gasteiger partial charge in [0.15, 0.2) is 11.2 Å². The molecule has 1 aliphatic heterocycles. The second kappa shape index (κ2) is 9.33. The van der Waals surface area contributed by atoms with Gasteiger partial charge in [-0.3, -0.25) is 4.98 Å². The van der Waals surface area contributed by atoms with Crippen molar-refractivity contribution in [3.05, 3.63) is 59.1 Å². The number of aromatic nitrogens is 5. The number of nitrogens with one attached hydrogen (secondary N) is 1. The van der Waals surface area contributed by atoms with E-state index in [9.17, 15) is 0 Å². The van der Waals surface area contributed by atoms with E-state index < -0.39 is 0 Å². The minimum atomic E-state index is -0.186. The van der Waals surface area contributed by atoms with Gasteiger partial charge in [-0.1, -0.05) is 11.6 Å². The Morgan fingerprint density at radius 2 is 2.06 bits per heavy atom. The van der Waals surface area contributed by atoms with Crippen molar-refractivity contribution in [3.63, 3.8) is 0 Å². The molecule has 1 atom stereocenters. The fraction of sp³-hybridized carbons (Fsp3) is 0.407. The Hall–Kier alpha value is -3.23. The Labute approximate surface area is 215 Å². The number of rotatable bonds is 8. The van der Waals surface area contributed by atoms with Crippen molar-refractivity contribution in [2.24, 2.45) is 0 Å². The molecule has 0 radical (unpaired) electrons. The molecule has 0 unspecified atom stereocenters. The minimum absolute atomic E-state index is 0.186. The number of benzene rings is 1. The highest BCUT2D eigenvalue weighted by atomic mass is 35.5. The summed E-state index contributed by atoms with van der Waals surface area (Å²) in [6, 6.07) is 10.2. The SMILES string of the molecule is Cc1ccnc(Cn2c(-c3ccc(OC[C@H]4CCCN4)cc3Cl)nc3c(OC4(C)CC4)ncnc32)c1. The van der Waals surface area contributed by atoms with Crippen LogP contribution in [0.25, 0.3) is 22.6 Å². The van der Waals surface area contributed by atoms with Gasteiger partial charge < -0.3 is 19.4 Å². The third kappa shape index (κ3) is 4.75. The lowest BCUT2D eigenvalue weighted by Crippen LogP contribution is -2.28. The molecule has 2 fully saturated rings. The van der Waals surface area contributed by atoms with E-state index in [1.54, 1.807) is 0 Å². The van der Waals surface area contributed by atoms with Gasteiger partial charge in [0.1, 0.15) is 30.1 Å². The van der Waals surface area contributed by atoms with Crippen LogP contribution in [0.2, 0.25) is 5.02 Å². The lowest BCUT2D eigenvalue weighted by molar-refractivity contribution is 0.194. The van der Waals surface area contributed by atoms with E-state index in [0.717, 1.165) is 48.4 Å². The first-order valence-corrected chi connectivity index (χ1v) is 12.8. The van der Waals surface area contributed by atoms with E-state index in [1.165, 1.54) is 12.7 Å². The van der Waals surface area contributed by atoms with Crippen molar-refractivity contribution in [1.82, 2.24) is 29.8 Å². The Morgan fingerprint density at radius 1 is 1.17 bits per heavy atom. The molecule has 0 bridgehead atoms. The molecular formula is C27H29ClN6O2. The summed E-state index contributed by atoms with van der Waals surface area (Å²) in [7, 11) is 0. The number of fused-ring (bicyclic) bond motifs is 1. The summed E-state index contributed by atoms with van der Waals surface area (Å²) < 4.78 is 14.3. The Kier molecular flexibility index (Phi) is 6.01. The number of halogens is 1. The lowest BCUT2D eigenvalue weighted by Gasteiger charge is -2.14. The average molecular weight is 505 g/mol. The van der Waals surface area contributed by atoms with Crippen molar-refractivity contribution < 1.29 is 9.47 Å². The van der Waals surface area contributed by atoms with Crippen LogP contribution in [0.5, 0.6) is 11.6 Å². The average Bonchev–Trinajstić information content (AvgIpc) is 3.23. The molecule has 3 aromatic heterocycles. The van der Waals surface area contributed by atoms with Crippen molar-refractivity contribution in [2.75, 3.05) is 13.2 Å². The van der Waals surface area contributed by atoms with E-state index in [-0.39, 0.29) is 5.60 Å². The van der Waals surface area contributed by atoms with Gasteiger partial charge in [-0.05, 0) is 82.0 Å². The number of hydrogen-bond donors (Lipinski definition) is 1. The van der Waals surface area contributed by atoms with Crippen LogP contribution in [0.15, 0.2) is 42.9 Å². The molecular weight excluding hydrogens is 476 g/mol.